The van der Waals surface area contributed by atoms with Gasteiger partial charge in [0.2, 0.25) is 0 Å². The van der Waals surface area contributed by atoms with E-state index in [-0.39, 0.29) is 0 Å². The molecule has 0 spiro atoms. The van der Waals surface area contributed by atoms with E-state index in [4.69, 9.17) is 4.74 Å². The van der Waals surface area contributed by atoms with Crippen molar-refractivity contribution in [2.24, 2.45) is 0 Å². The lowest BCUT2D eigenvalue weighted by Gasteiger charge is -2.08. The summed E-state index contributed by atoms with van der Waals surface area (Å²) in [4.78, 5) is 8.29. The summed E-state index contributed by atoms with van der Waals surface area (Å²) in [6, 6.07) is 7.83. The maximum absolute atomic E-state index is 5.52. The highest BCUT2D eigenvalue weighted by molar-refractivity contribution is 5.66. The second kappa shape index (κ2) is 4.55. The van der Waals surface area contributed by atoms with Crippen LogP contribution < -0.4 is 4.74 Å². The van der Waals surface area contributed by atoms with Gasteiger partial charge in [0.15, 0.2) is 0 Å². The molecule has 76 valence electrons. The molecule has 0 saturated carbocycles. The molecule has 2 aromatic rings. The summed E-state index contributed by atoms with van der Waals surface area (Å²) in [5.41, 5.74) is 1.81. The van der Waals surface area contributed by atoms with Crippen molar-refractivity contribution in [3.05, 3.63) is 42.9 Å². The van der Waals surface area contributed by atoms with E-state index in [9.17, 15) is 0 Å². The van der Waals surface area contributed by atoms with Crippen molar-refractivity contribution in [1.82, 2.24) is 9.97 Å². The highest BCUT2D eigenvalue weighted by Gasteiger charge is 2.05. The second-order valence-corrected chi connectivity index (χ2v) is 3.02. The van der Waals surface area contributed by atoms with E-state index >= 15 is 0 Å². The Hall–Kier alpha value is -1.90. The molecule has 0 aliphatic rings. The minimum absolute atomic E-state index is 0.650. The minimum atomic E-state index is 0.650. The van der Waals surface area contributed by atoms with Gasteiger partial charge in [0, 0.05) is 18.0 Å². The fourth-order valence-corrected chi connectivity index (χ4v) is 1.40. The lowest BCUT2D eigenvalue weighted by Crippen LogP contribution is -1.94. The third kappa shape index (κ3) is 2.13. The van der Waals surface area contributed by atoms with Crippen molar-refractivity contribution in [3.8, 4) is 17.0 Å². The zero-order valence-corrected chi connectivity index (χ0v) is 8.55. The molecule has 2 rings (SSSR count). The Balaban J connectivity index is 2.43. The minimum Gasteiger partial charge on any atom is -0.493 e. The molecule has 1 heterocycles. The van der Waals surface area contributed by atoms with Crippen molar-refractivity contribution < 1.29 is 4.74 Å². The number of hydrogen-bond donors (Lipinski definition) is 0. The average Bonchev–Trinajstić information content (AvgIpc) is 2.31. The van der Waals surface area contributed by atoms with Crippen LogP contribution in [-0.4, -0.2) is 16.6 Å². The van der Waals surface area contributed by atoms with Gasteiger partial charge >= 0.3 is 0 Å². The highest BCUT2D eigenvalue weighted by atomic mass is 16.5. The topological polar surface area (TPSA) is 35.0 Å². The van der Waals surface area contributed by atoms with E-state index in [1.165, 1.54) is 0 Å². The number of aromatic nitrogens is 2. The Bertz CT molecular complexity index is 429. The van der Waals surface area contributed by atoms with Crippen LogP contribution in [0, 0.1) is 0 Å². The summed E-state index contributed by atoms with van der Waals surface area (Å²) < 4.78 is 5.52. The molecule has 0 N–H and O–H groups in total. The average molecular weight is 200 g/mol. The number of benzene rings is 1. The summed E-state index contributed by atoms with van der Waals surface area (Å²) >= 11 is 0. The van der Waals surface area contributed by atoms with Gasteiger partial charge in [0.1, 0.15) is 5.75 Å². The van der Waals surface area contributed by atoms with Crippen molar-refractivity contribution in [1.29, 1.82) is 0 Å². The molecule has 3 heteroatoms. The standard InChI is InChI=1S/C12H12N2O/c1-2-15-12-6-4-3-5-10(12)11-9-13-7-8-14-11/h3-9H,2H2,1H3. The molecule has 0 atom stereocenters. The van der Waals surface area contributed by atoms with Crippen LogP contribution in [0.3, 0.4) is 0 Å². The summed E-state index contributed by atoms with van der Waals surface area (Å²) in [6.45, 7) is 2.62. The summed E-state index contributed by atoms with van der Waals surface area (Å²) in [5, 5.41) is 0. The quantitative estimate of drug-likeness (QED) is 0.763. The first-order valence-corrected chi connectivity index (χ1v) is 4.90. The molecule has 0 saturated heterocycles. The van der Waals surface area contributed by atoms with Gasteiger partial charge in [0.05, 0.1) is 18.5 Å². The van der Waals surface area contributed by atoms with Crippen LogP contribution in [0.2, 0.25) is 0 Å². The van der Waals surface area contributed by atoms with Crippen LogP contribution in [0.15, 0.2) is 42.9 Å². The van der Waals surface area contributed by atoms with Crippen LogP contribution in [0.25, 0.3) is 11.3 Å². The fraction of sp³-hybridized carbons (Fsp3) is 0.167. The summed E-state index contributed by atoms with van der Waals surface area (Å²) in [7, 11) is 0. The van der Waals surface area contributed by atoms with E-state index < -0.39 is 0 Å². The largest absolute Gasteiger partial charge is 0.493 e. The molecule has 0 fully saturated rings. The van der Waals surface area contributed by atoms with E-state index in [0.717, 1.165) is 17.0 Å². The lowest BCUT2D eigenvalue weighted by atomic mass is 10.1. The SMILES string of the molecule is CCOc1ccccc1-c1cnccn1. The van der Waals surface area contributed by atoms with Gasteiger partial charge < -0.3 is 4.74 Å². The van der Waals surface area contributed by atoms with Crippen LogP contribution >= 0.6 is 0 Å². The van der Waals surface area contributed by atoms with Crippen molar-refractivity contribution in [2.45, 2.75) is 6.92 Å². The van der Waals surface area contributed by atoms with Crippen molar-refractivity contribution >= 4 is 0 Å². The third-order valence-electron chi connectivity index (χ3n) is 2.03. The smallest absolute Gasteiger partial charge is 0.128 e. The number of hydrogen-bond acceptors (Lipinski definition) is 3. The van der Waals surface area contributed by atoms with E-state index in [1.807, 2.05) is 31.2 Å². The molecule has 3 nitrogen and oxygen atoms in total. The molecule has 0 radical (unpaired) electrons. The number of rotatable bonds is 3. The zero-order valence-electron chi connectivity index (χ0n) is 8.55. The van der Waals surface area contributed by atoms with Gasteiger partial charge in [-0.25, -0.2) is 0 Å². The van der Waals surface area contributed by atoms with E-state index in [1.54, 1.807) is 18.6 Å². The second-order valence-electron chi connectivity index (χ2n) is 3.02. The van der Waals surface area contributed by atoms with Gasteiger partial charge in [-0.15, -0.1) is 0 Å². The van der Waals surface area contributed by atoms with E-state index in [0.29, 0.717) is 6.61 Å². The molecule has 1 aromatic carbocycles. The Morgan fingerprint density at radius 1 is 1.20 bits per heavy atom. The Kier molecular flexibility index (Phi) is 2.93. The summed E-state index contributed by atoms with van der Waals surface area (Å²) in [5.74, 6) is 0.848. The van der Waals surface area contributed by atoms with Gasteiger partial charge in [-0.3, -0.25) is 9.97 Å². The number of nitrogens with zero attached hydrogens (tertiary/aromatic N) is 2. The molecule has 1 aromatic heterocycles. The zero-order chi connectivity index (χ0) is 10.5. The molecular formula is C12H12N2O. The van der Waals surface area contributed by atoms with Crippen LogP contribution in [0.1, 0.15) is 6.92 Å². The van der Waals surface area contributed by atoms with Gasteiger partial charge in [-0.2, -0.15) is 0 Å². The van der Waals surface area contributed by atoms with Gasteiger partial charge in [0.25, 0.3) is 0 Å². The Labute approximate surface area is 88.8 Å². The van der Waals surface area contributed by atoms with Crippen LogP contribution in [-0.2, 0) is 0 Å². The normalized spacial score (nSPS) is 9.93. The molecule has 0 aliphatic carbocycles. The van der Waals surface area contributed by atoms with Crippen molar-refractivity contribution in [3.63, 3.8) is 0 Å². The molecule has 0 aliphatic heterocycles. The predicted molar refractivity (Wildman–Crippen MR) is 58.6 cm³/mol. The maximum Gasteiger partial charge on any atom is 0.128 e. The Morgan fingerprint density at radius 3 is 2.80 bits per heavy atom. The first kappa shape index (κ1) is 9.65. The Morgan fingerprint density at radius 2 is 2.07 bits per heavy atom. The third-order valence-corrected chi connectivity index (χ3v) is 2.03. The van der Waals surface area contributed by atoms with Crippen molar-refractivity contribution in [2.75, 3.05) is 6.61 Å². The predicted octanol–water partition coefficient (Wildman–Crippen LogP) is 2.54. The van der Waals surface area contributed by atoms with Crippen LogP contribution in [0.5, 0.6) is 5.75 Å². The van der Waals surface area contributed by atoms with Gasteiger partial charge in [-0.1, -0.05) is 12.1 Å². The fourth-order valence-electron chi connectivity index (χ4n) is 1.40. The molecule has 0 amide bonds. The molecule has 15 heavy (non-hydrogen) atoms. The van der Waals surface area contributed by atoms with Gasteiger partial charge in [-0.05, 0) is 19.1 Å². The van der Waals surface area contributed by atoms with E-state index in [2.05, 4.69) is 9.97 Å². The number of para-hydroxylation sites is 1. The molecular weight excluding hydrogens is 188 g/mol. The number of ether oxygens (including phenoxy) is 1. The lowest BCUT2D eigenvalue weighted by molar-refractivity contribution is 0.341. The summed E-state index contributed by atoms with van der Waals surface area (Å²) in [6.07, 6.45) is 5.07. The van der Waals surface area contributed by atoms with Crippen LogP contribution in [0.4, 0.5) is 0 Å². The maximum atomic E-state index is 5.52. The first-order valence-electron chi connectivity index (χ1n) is 4.90. The highest BCUT2D eigenvalue weighted by Crippen LogP contribution is 2.27. The first-order chi connectivity index (χ1) is 7.42. The molecule has 0 unspecified atom stereocenters. The monoisotopic (exact) mass is 200 g/mol. The molecule has 0 bridgehead atoms.